The van der Waals surface area contributed by atoms with E-state index in [0.717, 1.165) is 18.7 Å². The van der Waals surface area contributed by atoms with Crippen LogP contribution in [0, 0.1) is 0 Å². The van der Waals surface area contributed by atoms with E-state index in [1.807, 2.05) is 30.3 Å². The fourth-order valence-electron chi connectivity index (χ4n) is 1.42. The molecule has 2 rings (SSSR count). The molecule has 0 aliphatic carbocycles. The van der Waals surface area contributed by atoms with Crippen molar-refractivity contribution in [3.63, 3.8) is 0 Å². The van der Waals surface area contributed by atoms with E-state index >= 15 is 0 Å². The van der Waals surface area contributed by atoms with Gasteiger partial charge in [-0.15, -0.1) is 0 Å². The number of hydrogen-bond acceptors (Lipinski definition) is 2. The molecule has 1 N–H and O–H groups in total. The highest BCUT2D eigenvalue weighted by atomic mass is 16.5. The second kappa shape index (κ2) is 3.59. The Balaban J connectivity index is 1.94. The Morgan fingerprint density at radius 2 is 2.08 bits per heavy atom. The van der Waals surface area contributed by atoms with Gasteiger partial charge < -0.3 is 4.74 Å². The van der Waals surface area contributed by atoms with Crippen LogP contribution in [0.25, 0.3) is 0 Å². The zero-order chi connectivity index (χ0) is 8.23. The molecule has 0 saturated carbocycles. The van der Waals surface area contributed by atoms with Crippen molar-refractivity contribution in [1.82, 2.24) is 5.32 Å². The molecular formula is C10H13NO. The van der Waals surface area contributed by atoms with Crippen molar-refractivity contribution >= 4 is 0 Å². The third-order valence-corrected chi connectivity index (χ3v) is 2.04. The van der Waals surface area contributed by atoms with E-state index in [0.29, 0.717) is 0 Å². The zero-order valence-electron chi connectivity index (χ0n) is 6.99. The predicted molar refractivity (Wildman–Crippen MR) is 48.1 cm³/mol. The molecule has 0 spiro atoms. The van der Waals surface area contributed by atoms with Crippen LogP contribution in [0.3, 0.4) is 0 Å². The maximum absolute atomic E-state index is 5.66. The van der Waals surface area contributed by atoms with E-state index in [-0.39, 0.29) is 6.23 Å². The smallest absolute Gasteiger partial charge is 0.150 e. The Morgan fingerprint density at radius 1 is 1.25 bits per heavy atom. The van der Waals surface area contributed by atoms with Gasteiger partial charge >= 0.3 is 0 Å². The van der Waals surface area contributed by atoms with Gasteiger partial charge in [0.2, 0.25) is 0 Å². The van der Waals surface area contributed by atoms with Gasteiger partial charge in [0.1, 0.15) is 12.0 Å². The van der Waals surface area contributed by atoms with E-state index in [2.05, 4.69) is 5.32 Å². The Morgan fingerprint density at radius 3 is 2.75 bits per heavy atom. The lowest BCUT2D eigenvalue weighted by Gasteiger charge is -2.12. The first-order valence-corrected chi connectivity index (χ1v) is 4.40. The van der Waals surface area contributed by atoms with Gasteiger partial charge in [-0.05, 0) is 31.5 Å². The Kier molecular flexibility index (Phi) is 2.28. The van der Waals surface area contributed by atoms with Gasteiger partial charge in [0.15, 0.2) is 0 Å². The first kappa shape index (κ1) is 7.62. The van der Waals surface area contributed by atoms with Crippen molar-refractivity contribution in [2.45, 2.75) is 19.1 Å². The number of hydrogen-bond donors (Lipinski definition) is 1. The van der Waals surface area contributed by atoms with Gasteiger partial charge in [-0.1, -0.05) is 18.2 Å². The van der Waals surface area contributed by atoms with Crippen LogP contribution in [0.5, 0.6) is 5.75 Å². The largest absolute Gasteiger partial charge is 0.475 e. The number of benzene rings is 1. The summed E-state index contributed by atoms with van der Waals surface area (Å²) in [6.07, 6.45) is 2.57. The normalized spacial score (nSPS) is 22.5. The topological polar surface area (TPSA) is 21.3 Å². The molecule has 1 atom stereocenters. The third kappa shape index (κ3) is 1.77. The molecule has 0 bridgehead atoms. The van der Waals surface area contributed by atoms with Crippen LogP contribution in [0.1, 0.15) is 12.8 Å². The minimum absolute atomic E-state index is 0.229. The van der Waals surface area contributed by atoms with Gasteiger partial charge in [-0.3, -0.25) is 5.32 Å². The van der Waals surface area contributed by atoms with Crippen molar-refractivity contribution in [3.05, 3.63) is 30.3 Å². The van der Waals surface area contributed by atoms with Crippen molar-refractivity contribution in [2.24, 2.45) is 0 Å². The lowest BCUT2D eigenvalue weighted by atomic mass is 10.3. The van der Waals surface area contributed by atoms with Crippen molar-refractivity contribution in [1.29, 1.82) is 0 Å². The molecule has 0 radical (unpaired) electrons. The average Bonchev–Trinajstić information content (AvgIpc) is 2.59. The molecule has 1 fully saturated rings. The maximum Gasteiger partial charge on any atom is 0.150 e. The van der Waals surface area contributed by atoms with Crippen LogP contribution in [0.15, 0.2) is 30.3 Å². The minimum atomic E-state index is 0.229. The second-order valence-corrected chi connectivity index (χ2v) is 3.02. The lowest BCUT2D eigenvalue weighted by molar-refractivity contribution is 0.187. The molecule has 0 amide bonds. The van der Waals surface area contributed by atoms with Gasteiger partial charge in [-0.25, -0.2) is 0 Å². The van der Waals surface area contributed by atoms with Crippen LogP contribution >= 0.6 is 0 Å². The summed E-state index contributed by atoms with van der Waals surface area (Å²) in [5.74, 6) is 0.955. The fraction of sp³-hybridized carbons (Fsp3) is 0.400. The van der Waals surface area contributed by atoms with Crippen molar-refractivity contribution < 1.29 is 4.74 Å². The van der Waals surface area contributed by atoms with Crippen LogP contribution in [-0.2, 0) is 0 Å². The van der Waals surface area contributed by atoms with Crippen molar-refractivity contribution in [2.75, 3.05) is 6.54 Å². The number of rotatable bonds is 2. The summed E-state index contributed by atoms with van der Waals surface area (Å²) in [5.41, 5.74) is 0. The van der Waals surface area contributed by atoms with E-state index < -0.39 is 0 Å². The van der Waals surface area contributed by atoms with Gasteiger partial charge in [0.05, 0.1) is 0 Å². The van der Waals surface area contributed by atoms with Crippen LogP contribution < -0.4 is 10.1 Å². The highest BCUT2D eigenvalue weighted by molar-refractivity contribution is 5.21. The van der Waals surface area contributed by atoms with E-state index in [1.54, 1.807) is 0 Å². The lowest BCUT2D eigenvalue weighted by Crippen LogP contribution is -2.27. The number of ether oxygens (including phenoxy) is 1. The highest BCUT2D eigenvalue weighted by Crippen LogP contribution is 2.14. The molecule has 2 nitrogen and oxygen atoms in total. The van der Waals surface area contributed by atoms with Crippen LogP contribution in [0.2, 0.25) is 0 Å². The molecule has 2 heteroatoms. The fourth-order valence-corrected chi connectivity index (χ4v) is 1.42. The highest BCUT2D eigenvalue weighted by Gasteiger charge is 2.14. The molecular weight excluding hydrogens is 150 g/mol. The number of para-hydroxylation sites is 1. The first-order chi connectivity index (χ1) is 5.95. The number of nitrogens with one attached hydrogen (secondary N) is 1. The predicted octanol–water partition coefficient (Wildman–Crippen LogP) is 1.77. The summed E-state index contributed by atoms with van der Waals surface area (Å²) in [5, 5.41) is 3.28. The summed E-state index contributed by atoms with van der Waals surface area (Å²) in [6, 6.07) is 9.95. The van der Waals surface area contributed by atoms with E-state index in [4.69, 9.17) is 4.74 Å². The summed E-state index contributed by atoms with van der Waals surface area (Å²) < 4.78 is 5.66. The van der Waals surface area contributed by atoms with Crippen LogP contribution in [0.4, 0.5) is 0 Å². The molecule has 64 valence electrons. The molecule has 1 aromatic rings. The molecule has 1 aliphatic rings. The van der Waals surface area contributed by atoms with E-state index in [9.17, 15) is 0 Å². The maximum atomic E-state index is 5.66. The van der Waals surface area contributed by atoms with Crippen LogP contribution in [-0.4, -0.2) is 12.8 Å². The molecule has 12 heavy (non-hydrogen) atoms. The Labute approximate surface area is 72.5 Å². The summed E-state index contributed by atoms with van der Waals surface area (Å²) in [6.45, 7) is 1.08. The molecule has 1 heterocycles. The van der Waals surface area contributed by atoms with E-state index in [1.165, 1.54) is 6.42 Å². The SMILES string of the molecule is c1ccc(OC2CCCN2)cc1. The summed E-state index contributed by atoms with van der Waals surface area (Å²) in [4.78, 5) is 0. The van der Waals surface area contributed by atoms with Gasteiger partial charge in [0, 0.05) is 0 Å². The Bertz CT molecular complexity index is 229. The second-order valence-electron chi connectivity index (χ2n) is 3.02. The Hall–Kier alpha value is -1.02. The quantitative estimate of drug-likeness (QED) is 0.717. The average molecular weight is 163 g/mol. The monoisotopic (exact) mass is 163 g/mol. The molecule has 0 aromatic heterocycles. The first-order valence-electron chi connectivity index (χ1n) is 4.40. The molecule has 1 unspecified atom stereocenters. The third-order valence-electron chi connectivity index (χ3n) is 2.04. The molecule has 1 aromatic carbocycles. The van der Waals surface area contributed by atoms with Crippen molar-refractivity contribution in [3.8, 4) is 5.75 Å². The summed E-state index contributed by atoms with van der Waals surface area (Å²) in [7, 11) is 0. The van der Waals surface area contributed by atoms with Gasteiger partial charge in [0.25, 0.3) is 0 Å². The molecule has 1 aliphatic heterocycles. The standard InChI is InChI=1S/C10H13NO/c1-2-5-9(6-3-1)12-10-7-4-8-11-10/h1-3,5-6,10-11H,4,7-8H2. The zero-order valence-corrected chi connectivity index (χ0v) is 6.99. The molecule has 1 saturated heterocycles. The minimum Gasteiger partial charge on any atom is -0.475 e. The summed E-state index contributed by atoms with van der Waals surface area (Å²) >= 11 is 0. The van der Waals surface area contributed by atoms with Gasteiger partial charge in [-0.2, -0.15) is 0 Å².